The first kappa shape index (κ1) is 19.5. The van der Waals surface area contributed by atoms with Crippen LogP contribution in [0.1, 0.15) is 38.0 Å². The van der Waals surface area contributed by atoms with Gasteiger partial charge in [-0.3, -0.25) is 9.59 Å². The number of likely N-dealkylation sites (tertiary alicyclic amines) is 2. The lowest BCUT2D eigenvalue weighted by Gasteiger charge is -2.26. The van der Waals surface area contributed by atoms with E-state index in [1.807, 2.05) is 71.3 Å². The lowest BCUT2D eigenvalue weighted by molar-refractivity contribution is 0.0727. The Labute approximate surface area is 180 Å². The zero-order chi connectivity index (χ0) is 21.6. The van der Waals surface area contributed by atoms with Gasteiger partial charge in [-0.15, -0.1) is 0 Å². The molecule has 0 aliphatic carbocycles. The van der Waals surface area contributed by atoms with Crippen molar-refractivity contribution >= 4 is 11.8 Å². The maximum atomic E-state index is 13.2. The van der Waals surface area contributed by atoms with Gasteiger partial charge in [0.05, 0.1) is 5.41 Å². The van der Waals surface area contributed by atoms with Gasteiger partial charge in [0.1, 0.15) is 0 Å². The lowest BCUT2D eigenvalue weighted by Crippen LogP contribution is -2.41. The van der Waals surface area contributed by atoms with E-state index in [1.165, 1.54) is 0 Å². The molecule has 2 fully saturated rings. The highest BCUT2D eigenvalue weighted by Crippen LogP contribution is 2.45. The van der Waals surface area contributed by atoms with Gasteiger partial charge < -0.3 is 14.3 Å². The van der Waals surface area contributed by atoms with E-state index in [0.717, 1.165) is 5.56 Å². The highest BCUT2D eigenvalue weighted by atomic mass is 16.5. The molecule has 2 unspecified atom stereocenters. The van der Waals surface area contributed by atoms with Gasteiger partial charge in [0.25, 0.3) is 11.8 Å². The molecule has 2 saturated heterocycles. The zero-order valence-corrected chi connectivity index (χ0v) is 17.6. The molecule has 5 rings (SSSR count). The predicted molar refractivity (Wildman–Crippen MR) is 114 cm³/mol. The Morgan fingerprint density at radius 1 is 0.935 bits per heavy atom. The molecule has 0 bridgehead atoms. The number of fused-ring (bicyclic) bond motifs is 1. The quantitative estimate of drug-likeness (QED) is 0.656. The van der Waals surface area contributed by atoms with Crippen LogP contribution in [-0.4, -0.2) is 57.9 Å². The summed E-state index contributed by atoms with van der Waals surface area (Å²) in [6.07, 6.45) is 0. The van der Waals surface area contributed by atoms with E-state index in [-0.39, 0.29) is 17.7 Å². The van der Waals surface area contributed by atoms with Crippen molar-refractivity contribution < 1.29 is 14.1 Å². The Bertz CT molecular complexity index is 1140. The van der Waals surface area contributed by atoms with Crippen molar-refractivity contribution in [2.45, 2.75) is 19.3 Å². The number of hydrogen-bond acceptors (Lipinski definition) is 5. The number of hydrogen-bond donors (Lipinski definition) is 0. The maximum Gasteiger partial charge on any atom is 0.253 e. The van der Waals surface area contributed by atoms with E-state index in [1.54, 1.807) is 6.92 Å². The molecule has 2 aliphatic heterocycles. The van der Waals surface area contributed by atoms with Crippen LogP contribution >= 0.6 is 0 Å². The maximum absolute atomic E-state index is 13.2. The third kappa shape index (κ3) is 3.30. The minimum absolute atomic E-state index is 0.00496. The van der Waals surface area contributed by atoms with E-state index < -0.39 is 5.41 Å². The molecular weight excluding hydrogens is 392 g/mol. The summed E-state index contributed by atoms with van der Waals surface area (Å²) >= 11 is 0. The number of aromatic nitrogens is 2. The van der Waals surface area contributed by atoms with Crippen LogP contribution in [0, 0.1) is 19.8 Å². The van der Waals surface area contributed by atoms with Crippen molar-refractivity contribution in [2.24, 2.45) is 5.92 Å². The number of carbonyl (C=O) groups is 2. The van der Waals surface area contributed by atoms with Crippen LogP contribution in [0.15, 0.2) is 59.1 Å². The van der Waals surface area contributed by atoms with E-state index >= 15 is 0 Å². The smallest absolute Gasteiger partial charge is 0.253 e. The van der Waals surface area contributed by atoms with Gasteiger partial charge in [-0.1, -0.05) is 41.1 Å². The second-order valence-electron chi connectivity index (χ2n) is 8.61. The minimum atomic E-state index is -0.550. The normalized spacial score (nSPS) is 22.6. The van der Waals surface area contributed by atoms with E-state index in [9.17, 15) is 9.59 Å². The van der Waals surface area contributed by atoms with E-state index in [2.05, 4.69) is 10.1 Å². The molecule has 0 spiro atoms. The summed E-state index contributed by atoms with van der Waals surface area (Å²) in [6, 6.07) is 16.9. The molecule has 0 radical (unpaired) electrons. The molecule has 158 valence electrons. The molecule has 2 aliphatic rings. The van der Waals surface area contributed by atoms with Crippen LogP contribution in [0.25, 0.3) is 0 Å². The van der Waals surface area contributed by atoms with Crippen molar-refractivity contribution in [2.75, 3.05) is 26.2 Å². The first-order valence-corrected chi connectivity index (χ1v) is 10.5. The van der Waals surface area contributed by atoms with Crippen LogP contribution in [0.5, 0.6) is 0 Å². The van der Waals surface area contributed by atoms with Crippen LogP contribution in [0.3, 0.4) is 0 Å². The molecule has 3 heterocycles. The second-order valence-corrected chi connectivity index (χ2v) is 8.61. The molecule has 3 aromatic rings. The summed E-state index contributed by atoms with van der Waals surface area (Å²) in [5.41, 5.74) is 1.83. The average Bonchev–Trinajstić information content (AvgIpc) is 3.46. The van der Waals surface area contributed by atoms with Gasteiger partial charge in [-0.05, 0) is 38.1 Å². The lowest BCUT2D eigenvalue weighted by atomic mass is 9.81. The molecule has 2 atom stereocenters. The largest absolute Gasteiger partial charge is 0.339 e. The summed E-state index contributed by atoms with van der Waals surface area (Å²) in [7, 11) is 0. The number of benzene rings is 2. The fraction of sp³-hybridized carbons (Fsp3) is 0.333. The Balaban J connectivity index is 1.45. The van der Waals surface area contributed by atoms with Gasteiger partial charge in [-0.25, -0.2) is 0 Å². The number of amides is 2. The third-order valence-electron chi connectivity index (χ3n) is 6.42. The van der Waals surface area contributed by atoms with Crippen LogP contribution in [0.4, 0.5) is 0 Å². The van der Waals surface area contributed by atoms with Crippen molar-refractivity contribution in [1.29, 1.82) is 0 Å². The third-order valence-corrected chi connectivity index (χ3v) is 6.42. The molecule has 31 heavy (non-hydrogen) atoms. The second kappa shape index (κ2) is 7.34. The van der Waals surface area contributed by atoms with Crippen LogP contribution in [0.2, 0.25) is 0 Å². The minimum Gasteiger partial charge on any atom is -0.339 e. The number of aryl methyl sites for hydroxylation is 2. The Morgan fingerprint density at radius 3 is 2.19 bits per heavy atom. The molecule has 0 N–H and O–H groups in total. The molecule has 1 aromatic heterocycles. The molecule has 2 amide bonds. The fourth-order valence-electron chi connectivity index (χ4n) is 4.90. The van der Waals surface area contributed by atoms with Gasteiger partial charge in [0.2, 0.25) is 5.89 Å². The number of carbonyl (C=O) groups excluding carboxylic acids is 2. The predicted octanol–water partition coefficient (Wildman–Crippen LogP) is 2.85. The van der Waals surface area contributed by atoms with Crippen molar-refractivity contribution in [3.8, 4) is 0 Å². The zero-order valence-electron chi connectivity index (χ0n) is 17.6. The van der Waals surface area contributed by atoms with Crippen molar-refractivity contribution in [1.82, 2.24) is 19.9 Å². The summed E-state index contributed by atoms with van der Waals surface area (Å²) in [5.74, 6) is 1.09. The molecule has 0 saturated carbocycles. The monoisotopic (exact) mass is 416 g/mol. The first-order chi connectivity index (χ1) is 15.0. The molecule has 7 heteroatoms. The van der Waals surface area contributed by atoms with Gasteiger partial charge in [-0.2, -0.15) is 4.98 Å². The Morgan fingerprint density at radius 2 is 1.58 bits per heavy atom. The van der Waals surface area contributed by atoms with Crippen LogP contribution in [-0.2, 0) is 5.41 Å². The molecular formula is C24H24N4O3. The number of nitrogens with zero attached hydrogens (tertiary/aromatic N) is 4. The average molecular weight is 416 g/mol. The highest BCUT2D eigenvalue weighted by molar-refractivity contribution is 5.96. The van der Waals surface area contributed by atoms with E-state index in [4.69, 9.17) is 4.52 Å². The van der Waals surface area contributed by atoms with Crippen molar-refractivity contribution in [3.05, 3.63) is 83.0 Å². The van der Waals surface area contributed by atoms with Crippen molar-refractivity contribution in [3.63, 3.8) is 0 Å². The SMILES string of the molecule is Cc1cccc(C(=O)N2CC3CN(C(=O)c4ccccc4)CC3(c3nc(C)no3)C2)c1. The summed E-state index contributed by atoms with van der Waals surface area (Å²) in [5, 5.41) is 3.99. The fourth-order valence-corrected chi connectivity index (χ4v) is 4.90. The highest BCUT2D eigenvalue weighted by Gasteiger charge is 2.58. The van der Waals surface area contributed by atoms with Gasteiger partial charge in [0, 0.05) is 43.2 Å². The number of rotatable bonds is 3. The Kier molecular flexibility index (Phi) is 4.61. The van der Waals surface area contributed by atoms with Gasteiger partial charge >= 0.3 is 0 Å². The summed E-state index contributed by atoms with van der Waals surface area (Å²) < 4.78 is 5.60. The first-order valence-electron chi connectivity index (χ1n) is 10.5. The molecule has 7 nitrogen and oxygen atoms in total. The Hall–Kier alpha value is -3.48. The standard InChI is InChI=1S/C24H24N4O3/c1-16-7-6-10-19(11-16)22(30)28-13-20-12-27(21(29)18-8-4-3-5-9-18)14-24(20,15-28)23-25-17(2)26-31-23/h3-11,20H,12-15H2,1-2H3. The summed E-state index contributed by atoms with van der Waals surface area (Å²) in [4.78, 5) is 34.6. The van der Waals surface area contributed by atoms with Crippen LogP contribution < -0.4 is 0 Å². The van der Waals surface area contributed by atoms with Gasteiger partial charge in [0.15, 0.2) is 5.82 Å². The summed E-state index contributed by atoms with van der Waals surface area (Å²) in [6.45, 7) is 5.76. The topological polar surface area (TPSA) is 79.5 Å². The van der Waals surface area contributed by atoms with E-state index in [0.29, 0.717) is 49.0 Å². The molecule has 2 aromatic carbocycles.